The first-order chi connectivity index (χ1) is 12.5. The van der Waals surface area contributed by atoms with E-state index in [0.29, 0.717) is 0 Å². The smallest absolute Gasteiger partial charge is 0.401 e. The summed E-state index contributed by atoms with van der Waals surface area (Å²) in [5, 5.41) is 13.1. The van der Waals surface area contributed by atoms with Gasteiger partial charge in [0, 0.05) is 17.3 Å². The summed E-state index contributed by atoms with van der Waals surface area (Å²) in [4.78, 5) is 21.9. The highest BCUT2D eigenvalue weighted by molar-refractivity contribution is 7.89. The Morgan fingerprint density at radius 3 is 2.52 bits per heavy atom. The number of amides is 1. The molecule has 27 heavy (non-hydrogen) atoms. The predicted molar refractivity (Wildman–Crippen MR) is 99.5 cm³/mol. The zero-order chi connectivity index (χ0) is 20.2. The molecule has 0 saturated carbocycles. The number of benzene rings is 1. The Morgan fingerprint density at radius 2 is 1.93 bits per heavy atom. The second-order valence-electron chi connectivity index (χ2n) is 6.64. The molecule has 10 heteroatoms. The molecule has 2 aromatic rings. The monoisotopic (exact) mass is 393 g/mol. The van der Waals surface area contributed by atoms with E-state index in [9.17, 15) is 23.3 Å². The maximum atomic E-state index is 12.3. The number of carbonyl (C=O) groups excluding carboxylic acids is 1. The van der Waals surface area contributed by atoms with Crippen molar-refractivity contribution in [3.63, 3.8) is 0 Å². The van der Waals surface area contributed by atoms with Crippen molar-refractivity contribution in [3.8, 4) is 0 Å². The summed E-state index contributed by atoms with van der Waals surface area (Å²) in [6.07, 6.45) is 2.39. The van der Waals surface area contributed by atoms with E-state index >= 15 is 0 Å². The standard InChI is InChI=1S/C17H19N3O6S/c1-17(2,3)19-27(24,25)14-6-4-5-12(11-14)18-15(21)9-7-13-8-10-16(26-13)20(22)23/h4-11,19H,1-3H3,(H,18,21)/b9-7+. The molecule has 0 spiro atoms. The molecule has 0 aliphatic heterocycles. The number of nitro groups is 1. The van der Waals surface area contributed by atoms with Gasteiger partial charge < -0.3 is 9.73 Å². The van der Waals surface area contributed by atoms with E-state index < -0.39 is 32.3 Å². The van der Waals surface area contributed by atoms with E-state index in [-0.39, 0.29) is 16.3 Å². The van der Waals surface area contributed by atoms with Crippen molar-refractivity contribution >= 4 is 33.6 Å². The lowest BCUT2D eigenvalue weighted by Crippen LogP contribution is -2.40. The molecule has 9 nitrogen and oxygen atoms in total. The summed E-state index contributed by atoms with van der Waals surface area (Å²) in [5.41, 5.74) is -0.362. The second kappa shape index (κ2) is 7.72. The fourth-order valence-electron chi connectivity index (χ4n) is 2.07. The highest BCUT2D eigenvalue weighted by atomic mass is 32.2. The molecule has 0 atom stereocenters. The highest BCUT2D eigenvalue weighted by Gasteiger charge is 2.22. The normalized spacial score (nSPS) is 12.3. The maximum absolute atomic E-state index is 12.3. The largest absolute Gasteiger partial charge is 0.433 e. The average Bonchev–Trinajstić information content (AvgIpc) is 3.00. The molecule has 0 saturated heterocycles. The van der Waals surface area contributed by atoms with Gasteiger partial charge in [-0.1, -0.05) is 6.07 Å². The summed E-state index contributed by atoms with van der Waals surface area (Å²) in [6, 6.07) is 8.33. The van der Waals surface area contributed by atoms with Gasteiger partial charge in [-0.2, -0.15) is 0 Å². The number of hydrogen-bond donors (Lipinski definition) is 2. The van der Waals surface area contributed by atoms with Crippen molar-refractivity contribution in [2.24, 2.45) is 0 Å². The number of anilines is 1. The zero-order valence-electron chi connectivity index (χ0n) is 14.9. The van der Waals surface area contributed by atoms with E-state index in [1.165, 1.54) is 36.4 Å². The molecule has 0 unspecified atom stereocenters. The first-order valence-corrected chi connectivity index (χ1v) is 9.32. The third-order valence-electron chi connectivity index (χ3n) is 3.04. The Kier molecular flexibility index (Phi) is 5.82. The summed E-state index contributed by atoms with van der Waals surface area (Å²) in [5.74, 6) is -0.839. The number of nitrogens with one attached hydrogen (secondary N) is 2. The van der Waals surface area contributed by atoms with Gasteiger partial charge in [0.15, 0.2) is 0 Å². The van der Waals surface area contributed by atoms with Crippen LogP contribution in [0.5, 0.6) is 0 Å². The molecule has 0 fully saturated rings. The van der Waals surface area contributed by atoms with Crippen LogP contribution in [-0.4, -0.2) is 24.8 Å². The van der Waals surface area contributed by atoms with E-state index in [2.05, 4.69) is 10.0 Å². The summed E-state index contributed by atoms with van der Waals surface area (Å²) < 4.78 is 32.1. The van der Waals surface area contributed by atoms with Crippen LogP contribution in [0.1, 0.15) is 26.5 Å². The van der Waals surface area contributed by atoms with Gasteiger partial charge in [-0.05, 0) is 51.1 Å². The fourth-order valence-corrected chi connectivity index (χ4v) is 3.54. The van der Waals surface area contributed by atoms with Crippen molar-refractivity contribution in [2.45, 2.75) is 31.2 Å². The zero-order valence-corrected chi connectivity index (χ0v) is 15.7. The van der Waals surface area contributed by atoms with Gasteiger partial charge in [0.05, 0.1) is 11.0 Å². The minimum Gasteiger partial charge on any atom is -0.401 e. The molecule has 1 aromatic carbocycles. The second-order valence-corrected chi connectivity index (χ2v) is 8.32. The van der Waals surface area contributed by atoms with Crippen molar-refractivity contribution in [1.82, 2.24) is 4.72 Å². The maximum Gasteiger partial charge on any atom is 0.433 e. The van der Waals surface area contributed by atoms with E-state index in [1.54, 1.807) is 26.8 Å². The minimum absolute atomic E-state index is 0.0147. The van der Waals surface area contributed by atoms with Gasteiger partial charge in [-0.3, -0.25) is 14.9 Å². The van der Waals surface area contributed by atoms with Gasteiger partial charge in [0.1, 0.15) is 10.7 Å². The molecule has 144 valence electrons. The Labute approximate surface area is 156 Å². The van der Waals surface area contributed by atoms with Crippen LogP contribution in [0.4, 0.5) is 11.6 Å². The van der Waals surface area contributed by atoms with Crippen LogP contribution in [0.3, 0.4) is 0 Å². The Balaban J connectivity index is 2.10. The number of sulfonamides is 1. The lowest BCUT2D eigenvalue weighted by atomic mass is 10.1. The van der Waals surface area contributed by atoms with E-state index in [4.69, 9.17) is 4.42 Å². The molecular weight excluding hydrogens is 374 g/mol. The molecule has 1 heterocycles. The van der Waals surface area contributed by atoms with Gasteiger partial charge in [0.2, 0.25) is 15.9 Å². The van der Waals surface area contributed by atoms with Crippen LogP contribution in [0.2, 0.25) is 0 Å². The number of hydrogen-bond acceptors (Lipinski definition) is 6. The third kappa shape index (κ3) is 6.04. The van der Waals surface area contributed by atoms with Gasteiger partial charge in [-0.25, -0.2) is 13.1 Å². The number of nitrogens with zero attached hydrogens (tertiary/aromatic N) is 1. The van der Waals surface area contributed by atoms with E-state index in [1.807, 2.05) is 0 Å². The topological polar surface area (TPSA) is 132 Å². The quantitative estimate of drug-likeness (QED) is 0.441. The molecule has 0 bridgehead atoms. The van der Waals surface area contributed by atoms with Crippen LogP contribution in [0.25, 0.3) is 6.08 Å². The molecule has 1 amide bonds. The fraction of sp³-hybridized carbons (Fsp3) is 0.235. The Bertz CT molecular complexity index is 986. The van der Waals surface area contributed by atoms with Gasteiger partial charge in [0.25, 0.3) is 0 Å². The molecular formula is C17H19N3O6S. The van der Waals surface area contributed by atoms with Gasteiger partial charge in [-0.15, -0.1) is 0 Å². The Morgan fingerprint density at radius 1 is 1.22 bits per heavy atom. The molecule has 2 N–H and O–H groups in total. The lowest BCUT2D eigenvalue weighted by Gasteiger charge is -2.20. The van der Waals surface area contributed by atoms with Crippen LogP contribution >= 0.6 is 0 Å². The molecule has 1 aromatic heterocycles. The first-order valence-electron chi connectivity index (χ1n) is 7.84. The van der Waals surface area contributed by atoms with Crippen LogP contribution in [0, 0.1) is 10.1 Å². The third-order valence-corrected chi connectivity index (χ3v) is 4.80. The summed E-state index contributed by atoms with van der Waals surface area (Å²) in [6.45, 7) is 5.17. The van der Waals surface area contributed by atoms with Crippen molar-refractivity contribution in [1.29, 1.82) is 0 Å². The highest BCUT2D eigenvalue weighted by Crippen LogP contribution is 2.19. The number of carbonyl (C=O) groups is 1. The molecule has 0 aliphatic rings. The average molecular weight is 393 g/mol. The Hall–Kier alpha value is -2.98. The first kappa shape index (κ1) is 20.3. The van der Waals surface area contributed by atoms with Crippen LogP contribution < -0.4 is 10.0 Å². The molecule has 2 rings (SSSR count). The van der Waals surface area contributed by atoms with Crippen molar-refractivity contribution in [3.05, 3.63) is 58.3 Å². The van der Waals surface area contributed by atoms with Crippen molar-refractivity contribution in [2.75, 3.05) is 5.32 Å². The SMILES string of the molecule is CC(C)(C)NS(=O)(=O)c1cccc(NC(=O)/C=C/c2ccc([N+](=O)[O-])o2)c1. The lowest BCUT2D eigenvalue weighted by molar-refractivity contribution is -0.402. The minimum atomic E-state index is -3.74. The molecule has 0 aliphatic carbocycles. The van der Waals surface area contributed by atoms with E-state index in [0.717, 1.165) is 6.08 Å². The predicted octanol–water partition coefficient (Wildman–Crippen LogP) is 2.92. The van der Waals surface area contributed by atoms with Crippen LogP contribution in [0.15, 0.2) is 51.8 Å². The van der Waals surface area contributed by atoms with Gasteiger partial charge >= 0.3 is 5.88 Å². The van der Waals surface area contributed by atoms with Crippen molar-refractivity contribution < 1.29 is 22.6 Å². The number of furan rings is 1. The number of rotatable bonds is 6. The molecule has 0 radical (unpaired) electrons. The summed E-state index contributed by atoms with van der Waals surface area (Å²) in [7, 11) is -3.74. The van der Waals surface area contributed by atoms with Crippen LogP contribution in [-0.2, 0) is 14.8 Å². The summed E-state index contributed by atoms with van der Waals surface area (Å²) >= 11 is 0.